The standard InChI is InChI=1S/C26H39N5O/c1-3-31-21-25(22(2)27-31)20-29-13-7-10-24(19-29)11-12-26(32)30-16-14-28(15-17-30)18-23-8-5-4-6-9-23/h4-6,8-9,21,24H,3,7,10-20H2,1-2H3/t24-/m0/s1. The van der Waals surface area contributed by atoms with Crippen LogP contribution in [0.15, 0.2) is 36.5 Å². The van der Waals surface area contributed by atoms with Gasteiger partial charge in [-0.1, -0.05) is 30.3 Å². The van der Waals surface area contributed by atoms with E-state index in [0.29, 0.717) is 18.2 Å². The molecular weight excluding hydrogens is 398 g/mol. The van der Waals surface area contributed by atoms with E-state index in [9.17, 15) is 4.79 Å². The molecule has 2 saturated heterocycles. The van der Waals surface area contributed by atoms with Crippen LogP contribution in [-0.4, -0.2) is 69.7 Å². The predicted octanol–water partition coefficient (Wildman–Crippen LogP) is 3.55. The lowest BCUT2D eigenvalue weighted by atomic mass is 9.93. The Kier molecular flexibility index (Phi) is 7.98. The van der Waals surface area contributed by atoms with Crippen LogP contribution in [0.3, 0.4) is 0 Å². The van der Waals surface area contributed by atoms with Crippen LogP contribution in [0.1, 0.15) is 49.4 Å². The van der Waals surface area contributed by atoms with Gasteiger partial charge in [-0.15, -0.1) is 0 Å². The molecule has 0 radical (unpaired) electrons. The number of amides is 1. The zero-order chi connectivity index (χ0) is 22.3. The molecule has 0 bridgehead atoms. The van der Waals surface area contributed by atoms with Gasteiger partial charge in [-0.25, -0.2) is 0 Å². The molecular formula is C26H39N5O. The smallest absolute Gasteiger partial charge is 0.222 e. The summed E-state index contributed by atoms with van der Waals surface area (Å²) in [6.07, 6.45) is 6.40. The molecule has 1 aromatic heterocycles. The zero-order valence-corrected chi connectivity index (χ0v) is 19.9. The number of aryl methyl sites for hydroxylation is 2. The van der Waals surface area contributed by atoms with Crippen molar-refractivity contribution in [2.45, 2.75) is 59.2 Å². The highest BCUT2D eigenvalue weighted by Crippen LogP contribution is 2.24. The molecule has 6 heteroatoms. The van der Waals surface area contributed by atoms with Gasteiger partial charge in [-0.2, -0.15) is 5.10 Å². The Hall–Kier alpha value is -2.18. The number of aromatic nitrogens is 2. The second kappa shape index (κ2) is 11.1. The summed E-state index contributed by atoms with van der Waals surface area (Å²) < 4.78 is 2.03. The van der Waals surface area contributed by atoms with Crippen molar-refractivity contribution in [3.05, 3.63) is 53.3 Å². The lowest BCUT2D eigenvalue weighted by molar-refractivity contribution is -0.133. The molecule has 2 aliphatic heterocycles. The lowest BCUT2D eigenvalue weighted by Crippen LogP contribution is -2.48. The fraction of sp³-hybridized carbons (Fsp3) is 0.615. The third kappa shape index (κ3) is 6.20. The molecule has 0 aliphatic carbocycles. The molecule has 32 heavy (non-hydrogen) atoms. The maximum absolute atomic E-state index is 12.8. The number of piperazine rings is 1. The Morgan fingerprint density at radius 3 is 2.53 bits per heavy atom. The Morgan fingerprint density at radius 2 is 1.81 bits per heavy atom. The number of carbonyl (C=O) groups excluding carboxylic acids is 1. The molecule has 1 aromatic carbocycles. The molecule has 174 valence electrons. The second-order valence-electron chi connectivity index (χ2n) is 9.52. The average molecular weight is 438 g/mol. The first kappa shape index (κ1) is 23.0. The van der Waals surface area contributed by atoms with Crippen molar-refractivity contribution in [3.63, 3.8) is 0 Å². The third-order valence-corrected chi connectivity index (χ3v) is 7.11. The molecule has 1 atom stereocenters. The SMILES string of the molecule is CCn1cc(CN2CCC[C@@H](CCC(=O)N3CCN(Cc4ccccc4)CC3)C2)c(C)n1. The Morgan fingerprint density at radius 1 is 1.03 bits per heavy atom. The molecule has 6 nitrogen and oxygen atoms in total. The highest BCUT2D eigenvalue weighted by molar-refractivity contribution is 5.76. The molecule has 2 aromatic rings. The van der Waals surface area contributed by atoms with Crippen molar-refractivity contribution >= 4 is 5.91 Å². The minimum Gasteiger partial charge on any atom is -0.340 e. The first-order valence-electron chi connectivity index (χ1n) is 12.4. The Labute approximate surface area is 193 Å². The van der Waals surface area contributed by atoms with Crippen LogP contribution < -0.4 is 0 Å². The summed E-state index contributed by atoms with van der Waals surface area (Å²) in [6, 6.07) is 10.6. The van der Waals surface area contributed by atoms with E-state index in [4.69, 9.17) is 0 Å². The number of hydrogen-bond donors (Lipinski definition) is 0. The molecule has 0 spiro atoms. The van der Waals surface area contributed by atoms with Crippen LogP contribution in [0.5, 0.6) is 0 Å². The second-order valence-corrected chi connectivity index (χ2v) is 9.52. The van der Waals surface area contributed by atoms with E-state index < -0.39 is 0 Å². The van der Waals surface area contributed by atoms with E-state index in [1.165, 1.54) is 24.0 Å². The van der Waals surface area contributed by atoms with E-state index in [0.717, 1.165) is 71.0 Å². The largest absolute Gasteiger partial charge is 0.340 e. The van der Waals surface area contributed by atoms with Gasteiger partial charge in [0.15, 0.2) is 0 Å². The van der Waals surface area contributed by atoms with Crippen LogP contribution in [0.25, 0.3) is 0 Å². The van der Waals surface area contributed by atoms with E-state index >= 15 is 0 Å². The first-order chi connectivity index (χ1) is 15.6. The van der Waals surface area contributed by atoms with Crippen molar-refractivity contribution < 1.29 is 4.79 Å². The molecule has 1 amide bonds. The molecule has 0 N–H and O–H groups in total. The van der Waals surface area contributed by atoms with E-state index in [1.807, 2.05) is 4.68 Å². The maximum atomic E-state index is 12.8. The lowest BCUT2D eigenvalue weighted by Gasteiger charge is -2.36. The highest BCUT2D eigenvalue weighted by Gasteiger charge is 2.25. The van der Waals surface area contributed by atoms with Gasteiger partial charge in [0.1, 0.15) is 0 Å². The van der Waals surface area contributed by atoms with Gasteiger partial charge in [-0.05, 0) is 51.1 Å². The van der Waals surface area contributed by atoms with Gasteiger partial charge >= 0.3 is 0 Å². The van der Waals surface area contributed by atoms with Gasteiger partial charge in [0, 0.05) is 70.5 Å². The monoisotopic (exact) mass is 437 g/mol. The fourth-order valence-electron chi connectivity index (χ4n) is 5.13. The highest BCUT2D eigenvalue weighted by atomic mass is 16.2. The van der Waals surface area contributed by atoms with Crippen LogP contribution >= 0.6 is 0 Å². The van der Waals surface area contributed by atoms with Crippen LogP contribution in [0.4, 0.5) is 0 Å². The number of rotatable bonds is 8. The number of likely N-dealkylation sites (tertiary alicyclic amines) is 1. The molecule has 0 saturated carbocycles. The molecule has 2 fully saturated rings. The van der Waals surface area contributed by atoms with Crippen LogP contribution in [0.2, 0.25) is 0 Å². The summed E-state index contributed by atoms with van der Waals surface area (Å²) in [6.45, 7) is 13.1. The summed E-state index contributed by atoms with van der Waals surface area (Å²) in [5.41, 5.74) is 3.85. The minimum atomic E-state index is 0.349. The Balaban J connectivity index is 1.18. The number of nitrogens with zero attached hydrogens (tertiary/aromatic N) is 5. The van der Waals surface area contributed by atoms with Gasteiger partial charge in [-0.3, -0.25) is 19.3 Å². The third-order valence-electron chi connectivity index (χ3n) is 7.11. The minimum absolute atomic E-state index is 0.349. The van der Waals surface area contributed by atoms with Crippen LogP contribution in [0, 0.1) is 12.8 Å². The molecule has 2 aliphatic rings. The Bertz CT molecular complexity index is 856. The van der Waals surface area contributed by atoms with E-state index in [-0.39, 0.29) is 0 Å². The summed E-state index contributed by atoms with van der Waals surface area (Å²) in [4.78, 5) is 19.9. The molecule has 4 rings (SSSR count). The van der Waals surface area contributed by atoms with E-state index in [2.05, 4.69) is 70.2 Å². The van der Waals surface area contributed by atoms with Gasteiger partial charge < -0.3 is 4.90 Å². The maximum Gasteiger partial charge on any atom is 0.222 e. The quantitative estimate of drug-likeness (QED) is 0.634. The van der Waals surface area contributed by atoms with Gasteiger partial charge in [0.25, 0.3) is 0 Å². The molecule has 0 unspecified atom stereocenters. The number of hydrogen-bond acceptors (Lipinski definition) is 4. The summed E-state index contributed by atoms with van der Waals surface area (Å²) in [5.74, 6) is 0.982. The number of benzene rings is 1. The number of piperidine rings is 1. The van der Waals surface area contributed by atoms with Crippen molar-refractivity contribution in [1.82, 2.24) is 24.5 Å². The molecule has 3 heterocycles. The number of carbonyl (C=O) groups is 1. The zero-order valence-electron chi connectivity index (χ0n) is 19.9. The van der Waals surface area contributed by atoms with Gasteiger partial charge in [0.05, 0.1) is 5.69 Å². The van der Waals surface area contributed by atoms with Crippen molar-refractivity contribution in [2.24, 2.45) is 5.92 Å². The normalized spacial score (nSPS) is 20.6. The van der Waals surface area contributed by atoms with Crippen molar-refractivity contribution in [2.75, 3.05) is 39.3 Å². The summed E-state index contributed by atoms with van der Waals surface area (Å²) >= 11 is 0. The van der Waals surface area contributed by atoms with E-state index in [1.54, 1.807) is 0 Å². The van der Waals surface area contributed by atoms with Gasteiger partial charge in [0.2, 0.25) is 5.91 Å². The summed E-state index contributed by atoms with van der Waals surface area (Å²) in [5, 5.41) is 4.59. The fourth-order valence-corrected chi connectivity index (χ4v) is 5.13. The topological polar surface area (TPSA) is 44.6 Å². The van der Waals surface area contributed by atoms with Crippen molar-refractivity contribution in [3.8, 4) is 0 Å². The predicted molar refractivity (Wildman–Crippen MR) is 128 cm³/mol. The van der Waals surface area contributed by atoms with Crippen LogP contribution in [-0.2, 0) is 24.4 Å². The summed E-state index contributed by atoms with van der Waals surface area (Å²) in [7, 11) is 0. The average Bonchev–Trinajstić information content (AvgIpc) is 3.18. The van der Waals surface area contributed by atoms with Crippen molar-refractivity contribution in [1.29, 1.82) is 0 Å². The first-order valence-corrected chi connectivity index (χ1v) is 12.4.